The molecule has 1 amide bonds. The third-order valence-electron chi connectivity index (χ3n) is 3.51. The molecule has 0 radical (unpaired) electrons. The van der Waals surface area contributed by atoms with E-state index >= 15 is 0 Å². The molecular weight excluding hydrogens is 519 g/mol. The van der Waals surface area contributed by atoms with Gasteiger partial charge >= 0.3 is 0 Å². The van der Waals surface area contributed by atoms with Crippen LogP contribution in [0.3, 0.4) is 0 Å². The van der Waals surface area contributed by atoms with Crippen molar-refractivity contribution in [1.82, 2.24) is 15.2 Å². The zero-order chi connectivity index (χ0) is 19.4. The minimum absolute atomic E-state index is 0.249. The van der Waals surface area contributed by atoms with E-state index in [0.717, 1.165) is 10.0 Å². The number of hydrogen-bond acceptors (Lipinski definition) is 3. The molecule has 3 aromatic rings. The van der Waals surface area contributed by atoms with Crippen molar-refractivity contribution in [2.24, 2.45) is 5.10 Å². The number of carbonyl (C=O) groups excluding carboxylic acids is 1. The van der Waals surface area contributed by atoms with E-state index < -0.39 is 5.91 Å². The number of benzene rings is 2. The largest absolute Gasteiger partial charge is 0.293 e. The highest BCUT2D eigenvalue weighted by atomic mass is 79.9. The van der Waals surface area contributed by atoms with Crippen LogP contribution in [0.15, 0.2) is 62.7 Å². The van der Waals surface area contributed by atoms with Crippen LogP contribution >= 0.6 is 55.1 Å². The Labute approximate surface area is 182 Å². The Morgan fingerprint density at radius 3 is 2.59 bits per heavy atom. The van der Waals surface area contributed by atoms with E-state index in [1.54, 1.807) is 29.1 Å². The summed E-state index contributed by atoms with van der Waals surface area (Å²) in [6.07, 6.45) is 3.23. The van der Waals surface area contributed by atoms with Gasteiger partial charge in [0, 0.05) is 10.7 Å². The molecule has 9 heteroatoms. The third-order valence-corrected chi connectivity index (χ3v) is 5.36. The van der Waals surface area contributed by atoms with Crippen LogP contribution in [-0.2, 0) is 6.54 Å². The highest BCUT2D eigenvalue weighted by Gasteiger charge is 2.15. The molecule has 2 aromatic carbocycles. The van der Waals surface area contributed by atoms with E-state index in [-0.39, 0.29) is 5.69 Å². The summed E-state index contributed by atoms with van der Waals surface area (Å²) < 4.78 is 3.28. The highest BCUT2D eigenvalue weighted by molar-refractivity contribution is 9.10. The fourth-order valence-electron chi connectivity index (χ4n) is 2.22. The molecule has 0 aliphatic rings. The van der Waals surface area contributed by atoms with Crippen molar-refractivity contribution < 1.29 is 4.79 Å². The molecule has 1 N–H and O–H groups in total. The molecule has 0 bridgehead atoms. The summed E-state index contributed by atoms with van der Waals surface area (Å²) in [4.78, 5) is 12.3. The number of amides is 1. The molecule has 0 spiro atoms. The van der Waals surface area contributed by atoms with Crippen LogP contribution in [0, 0.1) is 0 Å². The van der Waals surface area contributed by atoms with Crippen LogP contribution < -0.4 is 5.43 Å². The van der Waals surface area contributed by atoms with E-state index in [1.807, 2.05) is 24.3 Å². The first-order valence-electron chi connectivity index (χ1n) is 7.68. The van der Waals surface area contributed by atoms with Gasteiger partial charge in [0.25, 0.3) is 5.91 Å². The molecule has 0 saturated heterocycles. The van der Waals surface area contributed by atoms with Crippen LogP contribution in [0.4, 0.5) is 0 Å². The van der Waals surface area contributed by atoms with Crippen molar-refractivity contribution in [3.63, 3.8) is 0 Å². The van der Waals surface area contributed by atoms with Crippen LogP contribution in [0.5, 0.6) is 0 Å². The molecule has 1 aromatic heterocycles. The van der Waals surface area contributed by atoms with Crippen molar-refractivity contribution in [2.45, 2.75) is 6.54 Å². The number of carbonyl (C=O) groups is 1. The van der Waals surface area contributed by atoms with Gasteiger partial charge in [0.15, 0.2) is 5.69 Å². The summed E-state index contributed by atoms with van der Waals surface area (Å²) in [5.74, 6) is -0.423. The predicted octanol–water partition coefficient (Wildman–Crippen LogP) is 5.53. The lowest BCUT2D eigenvalue weighted by atomic mass is 10.2. The van der Waals surface area contributed by atoms with E-state index in [0.29, 0.717) is 26.6 Å². The molecule has 0 aliphatic carbocycles. The summed E-state index contributed by atoms with van der Waals surface area (Å²) in [6, 6.07) is 12.9. The number of aromatic nitrogens is 2. The normalized spacial score (nSPS) is 11.1. The molecule has 0 aliphatic heterocycles. The van der Waals surface area contributed by atoms with E-state index in [9.17, 15) is 4.79 Å². The van der Waals surface area contributed by atoms with Gasteiger partial charge in [-0.15, -0.1) is 0 Å². The second-order valence-corrected chi connectivity index (χ2v) is 8.11. The van der Waals surface area contributed by atoms with Crippen LogP contribution in [0.25, 0.3) is 0 Å². The van der Waals surface area contributed by atoms with Gasteiger partial charge in [-0.2, -0.15) is 10.2 Å². The number of hydrogen-bond donors (Lipinski definition) is 1. The van der Waals surface area contributed by atoms with Crippen molar-refractivity contribution in [3.8, 4) is 0 Å². The topological polar surface area (TPSA) is 59.3 Å². The van der Waals surface area contributed by atoms with Gasteiger partial charge in [0.05, 0.1) is 27.3 Å². The third kappa shape index (κ3) is 5.42. The molecule has 3 rings (SSSR count). The number of hydrazone groups is 1. The van der Waals surface area contributed by atoms with Crippen LogP contribution in [0.2, 0.25) is 10.0 Å². The highest BCUT2D eigenvalue weighted by Crippen LogP contribution is 2.22. The molecule has 0 saturated carbocycles. The number of nitrogens with zero attached hydrogens (tertiary/aromatic N) is 3. The minimum Gasteiger partial charge on any atom is -0.266 e. The number of rotatable bonds is 5. The molecule has 1 heterocycles. The zero-order valence-corrected chi connectivity index (χ0v) is 18.3. The zero-order valence-electron chi connectivity index (χ0n) is 13.7. The number of nitrogens with one attached hydrogen (secondary N) is 1. The van der Waals surface area contributed by atoms with Crippen molar-refractivity contribution >= 4 is 67.2 Å². The lowest BCUT2D eigenvalue weighted by Crippen LogP contribution is -2.19. The Bertz CT molecular complexity index is 1000. The Kier molecular flexibility index (Phi) is 6.70. The van der Waals surface area contributed by atoms with Gasteiger partial charge < -0.3 is 0 Å². The first-order valence-corrected chi connectivity index (χ1v) is 10.0. The average molecular weight is 531 g/mol. The summed E-state index contributed by atoms with van der Waals surface area (Å²) in [5, 5.41) is 9.12. The van der Waals surface area contributed by atoms with Crippen molar-refractivity contribution in [1.29, 1.82) is 0 Å². The van der Waals surface area contributed by atoms with Gasteiger partial charge in [-0.05, 0) is 51.3 Å². The van der Waals surface area contributed by atoms with E-state index in [1.165, 1.54) is 6.21 Å². The van der Waals surface area contributed by atoms with Gasteiger partial charge in [-0.25, -0.2) is 5.43 Å². The summed E-state index contributed by atoms with van der Waals surface area (Å²) in [6.45, 7) is 0.547. The summed E-state index contributed by atoms with van der Waals surface area (Å²) in [5.41, 5.74) is 4.48. The average Bonchev–Trinajstić information content (AvgIpc) is 3.00. The molecule has 5 nitrogen and oxygen atoms in total. The fraction of sp³-hybridized carbons (Fsp3) is 0.0556. The molecule has 138 valence electrons. The monoisotopic (exact) mass is 528 g/mol. The molecule has 27 heavy (non-hydrogen) atoms. The first-order chi connectivity index (χ1) is 12.9. The Morgan fingerprint density at radius 1 is 1.15 bits per heavy atom. The van der Waals surface area contributed by atoms with Crippen molar-refractivity contribution in [2.75, 3.05) is 0 Å². The Balaban J connectivity index is 1.66. The SMILES string of the molecule is O=C(N/N=C/c1ccc(Cl)c(Cl)c1)c1nn(Cc2ccc(Br)cc2)cc1Br. The minimum atomic E-state index is -0.423. The second kappa shape index (κ2) is 9.01. The maximum Gasteiger partial charge on any atom is 0.293 e. The maximum absolute atomic E-state index is 12.3. The standard InChI is InChI=1S/C18H12Br2Cl2N4O/c19-13-4-1-11(2-5-13)9-26-10-14(20)17(25-26)18(27)24-23-8-12-3-6-15(21)16(22)7-12/h1-8,10H,9H2,(H,24,27)/b23-8+. The summed E-state index contributed by atoms with van der Waals surface area (Å²) in [7, 11) is 0. The van der Waals surface area contributed by atoms with E-state index in [2.05, 4.69) is 47.5 Å². The van der Waals surface area contributed by atoms with Crippen molar-refractivity contribution in [3.05, 3.63) is 84.5 Å². The van der Waals surface area contributed by atoms with E-state index in [4.69, 9.17) is 23.2 Å². The van der Waals surface area contributed by atoms with Gasteiger partial charge in [-0.1, -0.05) is 57.3 Å². The lowest BCUT2D eigenvalue weighted by molar-refractivity contribution is 0.0948. The molecule has 0 atom stereocenters. The van der Waals surface area contributed by atoms with Gasteiger partial charge in [0.1, 0.15) is 0 Å². The smallest absolute Gasteiger partial charge is 0.266 e. The maximum atomic E-state index is 12.3. The number of halogens is 4. The molecule has 0 unspecified atom stereocenters. The molecular formula is C18H12Br2Cl2N4O. The quantitative estimate of drug-likeness (QED) is 0.348. The predicted molar refractivity (Wildman–Crippen MR) is 115 cm³/mol. The molecule has 0 fully saturated rings. The fourth-order valence-corrected chi connectivity index (χ4v) is 3.29. The van der Waals surface area contributed by atoms with Gasteiger partial charge in [0.2, 0.25) is 0 Å². The summed E-state index contributed by atoms with van der Waals surface area (Å²) >= 11 is 18.6. The van der Waals surface area contributed by atoms with Crippen LogP contribution in [-0.4, -0.2) is 21.9 Å². The van der Waals surface area contributed by atoms with Gasteiger partial charge in [-0.3, -0.25) is 9.48 Å². The first kappa shape index (κ1) is 20.1. The second-order valence-electron chi connectivity index (χ2n) is 5.52. The van der Waals surface area contributed by atoms with Crippen LogP contribution in [0.1, 0.15) is 21.6 Å². The Morgan fingerprint density at radius 2 is 1.89 bits per heavy atom. The lowest BCUT2D eigenvalue weighted by Gasteiger charge is -2.02. The Hall–Kier alpha value is -1.67.